The van der Waals surface area contributed by atoms with Gasteiger partial charge in [0.2, 0.25) is 5.76 Å². The van der Waals surface area contributed by atoms with Crippen molar-refractivity contribution in [3.8, 4) is 5.75 Å². The number of aromatic carboxylic acids is 1. The largest absolute Gasteiger partial charge is 0.477 e. The number of nitro groups is 1. The lowest BCUT2D eigenvalue weighted by molar-refractivity contribution is -0.389. The molecule has 10 nitrogen and oxygen atoms in total. The quantitative estimate of drug-likeness (QED) is 0.656. The molecule has 0 radical (unpaired) electrons. The van der Waals surface area contributed by atoms with E-state index >= 15 is 0 Å². The summed E-state index contributed by atoms with van der Waals surface area (Å²) in [5.41, 5.74) is 0. The fourth-order valence-corrected chi connectivity index (χ4v) is 2.07. The monoisotopic (exact) mass is 319 g/mol. The maximum absolute atomic E-state index is 12.0. The molecule has 0 fully saturated rings. The van der Waals surface area contributed by atoms with E-state index in [2.05, 4.69) is 4.98 Å². The van der Waals surface area contributed by atoms with Crippen LogP contribution in [0.15, 0.2) is 28.7 Å². The van der Waals surface area contributed by atoms with Gasteiger partial charge in [-0.25, -0.2) is 4.79 Å². The smallest absolute Gasteiger partial charge is 0.371 e. The molecule has 0 saturated carbocycles. The fraction of sp³-hybridized carbons (Fsp3) is 0.154. The summed E-state index contributed by atoms with van der Waals surface area (Å²) in [5.74, 6) is -2.00. The van der Waals surface area contributed by atoms with E-state index in [-0.39, 0.29) is 36.2 Å². The number of hydrogen-bond acceptors (Lipinski definition) is 7. The number of carbonyl (C=O) groups excluding carboxylic acids is 1. The molecule has 0 atom stereocenters. The zero-order chi connectivity index (χ0) is 16.6. The normalized spacial score (nSPS) is 13.4. The van der Waals surface area contributed by atoms with Gasteiger partial charge in [0.1, 0.15) is 5.76 Å². The molecular weight excluding hydrogens is 310 g/mol. The minimum absolute atomic E-state index is 0.0104. The number of carbonyl (C=O) groups is 2. The Morgan fingerprint density at radius 2 is 2.17 bits per heavy atom. The highest BCUT2D eigenvalue weighted by Gasteiger charge is 2.33. The zero-order valence-corrected chi connectivity index (χ0v) is 11.5. The maximum Gasteiger partial charge on any atom is 0.371 e. The molecule has 0 saturated heterocycles. The summed E-state index contributed by atoms with van der Waals surface area (Å²) in [6, 6.07) is 5.18. The second-order valence-electron chi connectivity index (χ2n) is 4.59. The third kappa shape index (κ3) is 2.69. The number of carboxylic acid groups (broad SMARTS) is 1. The van der Waals surface area contributed by atoms with Gasteiger partial charge in [-0.3, -0.25) is 9.69 Å². The summed E-state index contributed by atoms with van der Waals surface area (Å²) in [6.45, 7) is -0.365. The highest BCUT2D eigenvalue weighted by atomic mass is 16.6. The summed E-state index contributed by atoms with van der Waals surface area (Å²) >= 11 is 0. The Kier molecular flexibility index (Phi) is 3.41. The molecule has 3 rings (SSSR count). The molecule has 0 bridgehead atoms. The predicted octanol–water partition coefficient (Wildman–Crippen LogP) is 1.21. The van der Waals surface area contributed by atoms with E-state index in [1.54, 1.807) is 0 Å². The first-order valence-corrected chi connectivity index (χ1v) is 6.36. The summed E-state index contributed by atoms with van der Waals surface area (Å²) in [5, 5.41) is 19.7. The van der Waals surface area contributed by atoms with Crippen LogP contribution in [-0.2, 0) is 11.3 Å². The third-order valence-electron chi connectivity index (χ3n) is 3.11. The van der Waals surface area contributed by atoms with E-state index in [1.165, 1.54) is 24.3 Å². The lowest BCUT2D eigenvalue weighted by Crippen LogP contribution is -2.38. The SMILES string of the molecule is O=C(O)c1ccc(CN2C(=O)COc3ccc([N+](=O)[O-])nc32)o1. The van der Waals surface area contributed by atoms with Crippen LogP contribution >= 0.6 is 0 Å². The summed E-state index contributed by atoms with van der Waals surface area (Å²) in [6.07, 6.45) is 0. The van der Waals surface area contributed by atoms with Crippen molar-refractivity contribution in [1.82, 2.24) is 4.98 Å². The Bertz CT molecular complexity index is 814. The van der Waals surface area contributed by atoms with Crippen molar-refractivity contribution in [2.75, 3.05) is 11.5 Å². The van der Waals surface area contributed by atoms with E-state index in [0.29, 0.717) is 0 Å². The van der Waals surface area contributed by atoms with Crippen LogP contribution in [0.2, 0.25) is 0 Å². The lowest BCUT2D eigenvalue weighted by Gasteiger charge is -2.24. The summed E-state index contributed by atoms with van der Waals surface area (Å²) in [7, 11) is 0. The van der Waals surface area contributed by atoms with Crippen molar-refractivity contribution >= 4 is 23.5 Å². The number of hydrogen-bond donors (Lipinski definition) is 1. The number of anilines is 1. The number of fused-ring (bicyclic) bond motifs is 1. The molecular formula is C13H9N3O7. The number of pyridine rings is 1. The van der Waals surface area contributed by atoms with Crippen LogP contribution < -0.4 is 9.64 Å². The van der Waals surface area contributed by atoms with Crippen LogP contribution in [0.4, 0.5) is 11.6 Å². The van der Waals surface area contributed by atoms with Gasteiger partial charge in [-0.15, -0.1) is 0 Å². The van der Waals surface area contributed by atoms with Gasteiger partial charge in [-0.2, -0.15) is 0 Å². The molecule has 0 unspecified atom stereocenters. The molecule has 0 spiro atoms. The minimum atomic E-state index is -1.24. The Morgan fingerprint density at radius 3 is 2.83 bits per heavy atom. The number of amides is 1. The van der Waals surface area contributed by atoms with Gasteiger partial charge in [-0.1, -0.05) is 0 Å². The molecule has 0 aliphatic carbocycles. The minimum Gasteiger partial charge on any atom is -0.477 e. The van der Waals surface area contributed by atoms with Crippen LogP contribution in [-0.4, -0.2) is 33.5 Å². The standard InChI is InChI=1S/C13H9N3O7/c17-11-6-22-8-3-4-10(16(20)21)14-12(8)15(11)5-7-1-2-9(23-7)13(18)19/h1-4H,5-6H2,(H,18,19). The Hall–Kier alpha value is -3.43. The van der Waals surface area contributed by atoms with E-state index < -0.39 is 22.6 Å². The number of carboxylic acids is 1. The van der Waals surface area contributed by atoms with E-state index in [0.717, 1.165) is 4.90 Å². The van der Waals surface area contributed by atoms with Crippen molar-refractivity contribution in [2.24, 2.45) is 0 Å². The highest BCUT2D eigenvalue weighted by molar-refractivity contribution is 5.96. The zero-order valence-electron chi connectivity index (χ0n) is 11.5. The number of furan rings is 1. The first-order valence-electron chi connectivity index (χ1n) is 6.36. The van der Waals surface area contributed by atoms with Gasteiger partial charge in [0.15, 0.2) is 12.4 Å². The topological polar surface area (TPSA) is 136 Å². The maximum atomic E-state index is 12.0. The number of aromatic nitrogens is 1. The molecule has 2 aromatic heterocycles. The van der Waals surface area contributed by atoms with E-state index in [9.17, 15) is 19.7 Å². The Morgan fingerprint density at radius 1 is 1.39 bits per heavy atom. The summed E-state index contributed by atoms with van der Waals surface area (Å²) in [4.78, 5) is 37.9. The van der Waals surface area contributed by atoms with E-state index in [1.807, 2.05) is 0 Å². The Balaban J connectivity index is 1.95. The fourth-order valence-electron chi connectivity index (χ4n) is 2.07. The van der Waals surface area contributed by atoms with Gasteiger partial charge in [-0.05, 0) is 28.1 Å². The molecule has 1 aliphatic heterocycles. The highest BCUT2D eigenvalue weighted by Crippen LogP contribution is 2.33. The Labute approximate surface area is 128 Å². The van der Waals surface area contributed by atoms with Crippen molar-refractivity contribution in [1.29, 1.82) is 0 Å². The number of nitrogens with zero attached hydrogens (tertiary/aromatic N) is 3. The van der Waals surface area contributed by atoms with Crippen LogP contribution in [0, 0.1) is 10.1 Å². The van der Waals surface area contributed by atoms with Crippen molar-refractivity contribution in [2.45, 2.75) is 6.54 Å². The first-order chi connectivity index (χ1) is 11.0. The average molecular weight is 319 g/mol. The molecule has 0 aromatic carbocycles. The van der Waals surface area contributed by atoms with Crippen LogP contribution in [0.3, 0.4) is 0 Å². The molecule has 118 valence electrons. The van der Waals surface area contributed by atoms with Gasteiger partial charge >= 0.3 is 11.8 Å². The second kappa shape index (κ2) is 5.40. The van der Waals surface area contributed by atoms with Crippen LogP contribution in [0.5, 0.6) is 5.75 Å². The number of rotatable bonds is 4. The van der Waals surface area contributed by atoms with Crippen molar-refractivity contribution in [3.05, 3.63) is 45.9 Å². The van der Waals surface area contributed by atoms with Gasteiger partial charge in [0.05, 0.1) is 6.54 Å². The van der Waals surface area contributed by atoms with Crippen LogP contribution in [0.25, 0.3) is 0 Å². The molecule has 1 aliphatic rings. The van der Waals surface area contributed by atoms with Crippen molar-refractivity contribution < 1.29 is 28.8 Å². The first kappa shape index (κ1) is 14.5. The van der Waals surface area contributed by atoms with E-state index in [4.69, 9.17) is 14.3 Å². The van der Waals surface area contributed by atoms with Gasteiger partial charge < -0.3 is 24.4 Å². The average Bonchev–Trinajstić information content (AvgIpc) is 2.98. The molecule has 23 heavy (non-hydrogen) atoms. The molecule has 2 aromatic rings. The molecule has 10 heteroatoms. The predicted molar refractivity (Wildman–Crippen MR) is 73.2 cm³/mol. The van der Waals surface area contributed by atoms with Crippen molar-refractivity contribution in [3.63, 3.8) is 0 Å². The summed E-state index contributed by atoms with van der Waals surface area (Å²) < 4.78 is 10.3. The molecule has 3 heterocycles. The molecule has 1 amide bonds. The molecule has 1 N–H and O–H groups in total. The van der Waals surface area contributed by atoms with Crippen LogP contribution in [0.1, 0.15) is 16.3 Å². The van der Waals surface area contributed by atoms with Gasteiger partial charge in [0, 0.05) is 6.07 Å². The second-order valence-corrected chi connectivity index (χ2v) is 4.59. The third-order valence-corrected chi connectivity index (χ3v) is 3.11. The number of ether oxygens (including phenoxy) is 1. The van der Waals surface area contributed by atoms with Gasteiger partial charge in [0.25, 0.3) is 11.7 Å². The lowest BCUT2D eigenvalue weighted by atomic mass is 10.3.